The molecule has 144 valence electrons. The number of carbonyl (C=O) groups is 1. The zero-order valence-electron chi connectivity index (χ0n) is 16.1. The van der Waals surface area contributed by atoms with Gasteiger partial charge in [0, 0.05) is 10.7 Å². The fourth-order valence-corrected chi connectivity index (χ4v) is 3.04. The Kier molecular flexibility index (Phi) is 6.72. The van der Waals surface area contributed by atoms with Crippen molar-refractivity contribution in [1.29, 1.82) is 0 Å². The minimum absolute atomic E-state index is 0.248. The zero-order chi connectivity index (χ0) is 19.9. The van der Waals surface area contributed by atoms with Gasteiger partial charge in [-0.05, 0) is 53.8 Å². The fraction of sp³-hybridized carbons (Fsp3) is 0.208. The zero-order valence-corrected chi connectivity index (χ0v) is 16.9. The molecule has 0 unspecified atom stereocenters. The second-order valence-electron chi connectivity index (χ2n) is 6.80. The van der Waals surface area contributed by atoms with Crippen LogP contribution in [0.3, 0.4) is 0 Å². The van der Waals surface area contributed by atoms with Crippen molar-refractivity contribution in [3.05, 3.63) is 94.5 Å². The number of hydrogen-bond acceptors (Lipinski definition) is 2. The molecule has 3 rings (SSSR count). The van der Waals surface area contributed by atoms with Crippen LogP contribution in [-0.4, -0.2) is 5.91 Å². The third-order valence-corrected chi connectivity index (χ3v) is 5.01. The van der Waals surface area contributed by atoms with Crippen LogP contribution in [0.2, 0.25) is 5.02 Å². The highest BCUT2D eigenvalue weighted by molar-refractivity contribution is 6.31. The Bertz CT molecular complexity index is 923. The monoisotopic (exact) mass is 393 g/mol. The molecule has 3 nitrogen and oxygen atoms in total. The van der Waals surface area contributed by atoms with Crippen LogP contribution in [0, 0.1) is 0 Å². The molecule has 0 spiro atoms. The van der Waals surface area contributed by atoms with Crippen LogP contribution in [0.1, 0.15) is 47.7 Å². The first-order valence-electron chi connectivity index (χ1n) is 9.44. The lowest BCUT2D eigenvalue weighted by Gasteiger charge is -2.13. The summed E-state index contributed by atoms with van der Waals surface area (Å²) in [5, 5.41) is 3.42. The summed E-state index contributed by atoms with van der Waals surface area (Å²) >= 11 is 6.12. The van der Waals surface area contributed by atoms with Gasteiger partial charge in [0.25, 0.3) is 5.91 Å². The molecule has 1 N–H and O–H groups in total. The number of rotatable bonds is 7. The van der Waals surface area contributed by atoms with Gasteiger partial charge in [-0.3, -0.25) is 4.79 Å². The molecule has 0 bridgehead atoms. The Hall–Kier alpha value is -2.78. The maximum atomic E-state index is 12.8. The van der Waals surface area contributed by atoms with Gasteiger partial charge in [-0.15, -0.1) is 0 Å². The second kappa shape index (κ2) is 9.43. The molecule has 0 aliphatic heterocycles. The van der Waals surface area contributed by atoms with Crippen LogP contribution in [0.25, 0.3) is 0 Å². The average molecular weight is 394 g/mol. The molecule has 0 heterocycles. The molecule has 0 aliphatic carbocycles. The van der Waals surface area contributed by atoms with Crippen LogP contribution in [0.5, 0.6) is 5.75 Å². The van der Waals surface area contributed by atoms with Gasteiger partial charge in [-0.2, -0.15) is 0 Å². The van der Waals surface area contributed by atoms with E-state index in [2.05, 4.69) is 31.3 Å². The van der Waals surface area contributed by atoms with Gasteiger partial charge in [0.2, 0.25) is 0 Å². The van der Waals surface area contributed by atoms with Crippen molar-refractivity contribution in [2.45, 2.75) is 32.8 Å². The third-order valence-electron chi connectivity index (χ3n) is 4.77. The van der Waals surface area contributed by atoms with E-state index < -0.39 is 0 Å². The van der Waals surface area contributed by atoms with Gasteiger partial charge in [0.05, 0.1) is 5.56 Å². The second-order valence-corrected chi connectivity index (χ2v) is 7.24. The molecule has 0 saturated carbocycles. The topological polar surface area (TPSA) is 38.3 Å². The number of halogens is 1. The number of hydrogen-bond donors (Lipinski definition) is 1. The first-order chi connectivity index (χ1) is 13.6. The molecular formula is C24H24ClNO2. The van der Waals surface area contributed by atoms with Gasteiger partial charge >= 0.3 is 0 Å². The van der Waals surface area contributed by atoms with E-state index in [1.807, 2.05) is 42.5 Å². The molecule has 0 saturated heterocycles. The summed E-state index contributed by atoms with van der Waals surface area (Å²) < 4.78 is 5.88. The van der Waals surface area contributed by atoms with Crippen LogP contribution in [0.15, 0.2) is 72.8 Å². The summed E-state index contributed by atoms with van der Waals surface area (Å²) in [5.41, 5.74) is 3.44. The van der Waals surface area contributed by atoms with Gasteiger partial charge < -0.3 is 10.1 Å². The van der Waals surface area contributed by atoms with E-state index in [1.54, 1.807) is 18.2 Å². The Balaban J connectivity index is 1.74. The predicted molar refractivity (Wildman–Crippen MR) is 115 cm³/mol. The highest BCUT2D eigenvalue weighted by Gasteiger charge is 2.14. The SMILES string of the molecule is CC[C@H](C)c1ccc(NC(=O)c2cc(Cl)ccc2OCc2ccccc2)cc1. The van der Waals surface area contributed by atoms with E-state index in [4.69, 9.17) is 16.3 Å². The minimum Gasteiger partial charge on any atom is -0.488 e. The summed E-state index contributed by atoms with van der Waals surface area (Å²) in [6.07, 6.45) is 1.08. The molecule has 4 heteroatoms. The molecule has 0 radical (unpaired) electrons. The van der Waals surface area contributed by atoms with E-state index in [1.165, 1.54) is 5.56 Å². The molecule has 1 atom stereocenters. The quantitative estimate of drug-likeness (QED) is 0.485. The normalized spacial score (nSPS) is 11.7. The molecule has 0 aliphatic rings. The minimum atomic E-state index is -0.248. The van der Waals surface area contributed by atoms with Crippen LogP contribution >= 0.6 is 11.6 Å². The number of amides is 1. The summed E-state index contributed by atoms with van der Waals surface area (Å²) in [7, 11) is 0. The Morgan fingerprint density at radius 2 is 1.75 bits per heavy atom. The first-order valence-corrected chi connectivity index (χ1v) is 9.82. The van der Waals surface area contributed by atoms with Gasteiger partial charge in [-0.1, -0.05) is 67.9 Å². The van der Waals surface area contributed by atoms with Crippen molar-refractivity contribution in [2.75, 3.05) is 5.32 Å². The molecule has 28 heavy (non-hydrogen) atoms. The molecule has 0 aromatic heterocycles. The molecule has 1 amide bonds. The van der Waals surface area contributed by atoms with Gasteiger partial charge in [0.1, 0.15) is 12.4 Å². The van der Waals surface area contributed by atoms with Crippen molar-refractivity contribution >= 4 is 23.2 Å². The Labute approximate surface area is 171 Å². The van der Waals surface area contributed by atoms with E-state index in [0.717, 1.165) is 17.7 Å². The number of nitrogens with one attached hydrogen (secondary N) is 1. The van der Waals surface area contributed by atoms with Crippen molar-refractivity contribution in [2.24, 2.45) is 0 Å². The fourth-order valence-electron chi connectivity index (χ4n) is 2.87. The van der Waals surface area contributed by atoms with Crippen molar-refractivity contribution < 1.29 is 9.53 Å². The number of anilines is 1. The van der Waals surface area contributed by atoms with Crippen molar-refractivity contribution in [1.82, 2.24) is 0 Å². The van der Waals surface area contributed by atoms with Crippen LogP contribution in [-0.2, 0) is 6.61 Å². The molecule has 3 aromatic carbocycles. The van der Waals surface area contributed by atoms with Crippen molar-refractivity contribution in [3.8, 4) is 5.75 Å². The van der Waals surface area contributed by atoms with E-state index in [0.29, 0.717) is 28.9 Å². The Morgan fingerprint density at radius 1 is 1.04 bits per heavy atom. The lowest BCUT2D eigenvalue weighted by Crippen LogP contribution is -2.14. The van der Waals surface area contributed by atoms with Crippen LogP contribution in [0.4, 0.5) is 5.69 Å². The van der Waals surface area contributed by atoms with E-state index >= 15 is 0 Å². The van der Waals surface area contributed by atoms with E-state index in [-0.39, 0.29) is 5.91 Å². The maximum absolute atomic E-state index is 12.8. The van der Waals surface area contributed by atoms with Gasteiger partial charge in [-0.25, -0.2) is 0 Å². The molecule has 0 fully saturated rings. The lowest BCUT2D eigenvalue weighted by atomic mass is 9.98. The summed E-state index contributed by atoms with van der Waals surface area (Å²) in [6, 6.07) is 22.9. The number of carbonyl (C=O) groups excluding carboxylic acids is 1. The Morgan fingerprint density at radius 3 is 2.43 bits per heavy atom. The number of benzene rings is 3. The smallest absolute Gasteiger partial charge is 0.259 e. The maximum Gasteiger partial charge on any atom is 0.259 e. The summed E-state index contributed by atoms with van der Waals surface area (Å²) in [4.78, 5) is 12.8. The van der Waals surface area contributed by atoms with Gasteiger partial charge in [0.15, 0.2) is 0 Å². The average Bonchev–Trinajstić information content (AvgIpc) is 2.73. The van der Waals surface area contributed by atoms with Crippen LogP contribution < -0.4 is 10.1 Å². The highest BCUT2D eigenvalue weighted by atomic mass is 35.5. The summed E-state index contributed by atoms with van der Waals surface area (Å²) in [5.74, 6) is 0.750. The van der Waals surface area contributed by atoms with E-state index in [9.17, 15) is 4.79 Å². The largest absolute Gasteiger partial charge is 0.488 e. The third kappa shape index (κ3) is 5.14. The number of ether oxygens (including phenoxy) is 1. The standard InChI is InChI=1S/C24H24ClNO2/c1-3-17(2)19-9-12-21(13-10-19)26-24(27)22-15-20(25)11-14-23(22)28-16-18-7-5-4-6-8-18/h4-15,17H,3,16H2,1-2H3,(H,26,27)/t17-/m0/s1. The first kappa shape index (κ1) is 20.0. The molecule has 3 aromatic rings. The summed E-state index contributed by atoms with van der Waals surface area (Å²) in [6.45, 7) is 4.73. The van der Waals surface area contributed by atoms with Crippen molar-refractivity contribution in [3.63, 3.8) is 0 Å². The lowest BCUT2D eigenvalue weighted by molar-refractivity contribution is 0.102. The molecular weight excluding hydrogens is 370 g/mol. The highest BCUT2D eigenvalue weighted by Crippen LogP contribution is 2.26. The predicted octanol–water partition coefficient (Wildman–Crippen LogP) is 6.68.